The lowest BCUT2D eigenvalue weighted by atomic mass is 9.74. The predicted molar refractivity (Wildman–Crippen MR) is 114 cm³/mol. The lowest BCUT2D eigenvalue weighted by Gasteiger charge is -2.28. The molecule has 0 heterocycles. The summed E-state index contributed by atoms with van der Waals surface area (Å²) < 4.78 is 0. The first-order valence-corrected chi connectivity index (χ1v) is 9.62. The molecular formula is C26H19Cl. The van der Waals surface area contributed by atoms with Gasteiger partial charge in [0, 0.05) is 10.4 Å². The zero-order valence-electron chi connectivity index (χ0n) is 15.1. The molecule has 1 heteroatoms. The minimum atomic E-state index is -0.221. The summed E-state index contributed by atoms with van der Waals surface area (Å²) in [6.45, 7) is 2.32. The normalized spacial score (nSPS) is 17.4. The van der Waals surface area contributed by atoms with Gasteiger partial charge in [-0.2, -0.15) is 0 Å². The smallest absolute Gasteiger partial charge is 0.0436 e. The highest BCUT2D eigenvalue weighted by molar-refractivity contribution is 6.30. The first-order chi connectivity index (χ1) is 13.2. The molecule has 1 unspecified atom stereocenters. The Labute approximate surface area is 165 Å². The second kappa shape index (κ2) is 6.11. The van der Waals surface area contributed by atoms with E-state index >= 15 is 0 Å². The molecule has 0 N–H and O–H groups in total. The topological polar surface area (TPSA) is 0 Å². The van der Waals surface area contributed by atoms with E-state index in [9.17, 15) is 0 Å². The Balaban J connectivity index is 1.88. The number of halogens is 1. The third-order valence-corrected chi connectivity index (χ3v) is 6.06. The third kappa shape index (κ3) is 2.37. The van der Waals surface area contributed by atoms with Gasteiger partial charge in [0.1, 0.15) is 0 Å². The summed E-state index contributed by atoms with van der Waals surface area (Å²) in [5.41, 5.74) is 8.80. The van der Waals surface area contributed by atoms with Crippen molar-refractivity contribution in [3.05, 3.63) is 119 Å². The van der Waals surface area contributed by atoms with Crippen LogP contribution in [0.2, 0.25) is 5.02 Å². The quantitative estimate of drug-likeness (QED) is 0.348. The predicted octanol–water partition coefficient (Wildman–Crippen LogP) is 7.34. The van der Waals surface area contributed by atoms with E-state index in [0.29, 0.717) is 0 Å². The van der Waals surface area contributed by atoms with Crippen molar-refractivity contribution in [2.24, 2.45) is 0 Å². The summed E-state index contributed by atoms with van der Waals surface area (Å²) in [6, 6.07) is 34.4. The van der Waals surface area contributed by atoms with Crippen LogP contribution in [0.5, 0.6) is 0 Å². The Morgan fingerprint density at radius 1 is 0.630 bits per heavy atom. The van der Waals surface area contributed by atoms with E-state index in [1.54, 1.807) is 0 Å². The second-order valence-electron chi connectivity index (χ2n) is 7.28. The van der Waals surface area contributed by atoms with Crippen LogP contribution < -0.4 is 0 Å². The molecule has 4 aromatic rings. The van der Waals surface area contributed by atoms with Gasteiger partial charge in [-0.15, -0.1) is 0 Å². The highest BCUT2D eigenvalue weighted by Crippen LogP contribution is 2.55. The fourth-order valence-electron chi connectivity index (χ4n) is 4.49. The van der Waals surface area contributed by atoms with Crippen molar-refractivity contribution in [2.75, 3.05) is 0 Å². The molecule has 0 spiro atoms. The zero-order valence-corrected chi connectivity index (χ0v) is 15.9. The molecule has 0 fully saturated rings. The highest BCUT2D eigenvalue weighted by Gasteiger charge is 2.41. The molecule has 4 aromatic carbocycles. The van der Waals surface area contributed by atoms with E-state index in [2.05, 4.69) is 97.9 Å². The lowest BCUT2D eigenvalue weighted by Crippen LogP contribution is -2.22. The average molecular weight is 367 g/mol. The van der Waals surface area contributed by atoms with Gasteiger partial charge in [0.05, 0.1) is 0 Å². The van der Waals surface area contributed by atoms with Gasteiger partial charge in [0.2, 0.25) is 0 Å². The maximum Gasteiger partial charge on any atom is 0.0436 e. The molecule has 1 aliphatic rings. The maximum absolute atomic E-state index is 6.44. The Morgan fingerprint density at radius 3 is 2.07 bits per heavy atom. The summed E-state index contributed by atoms with van der Waals surface area (Å²) in [5, 5.41) is 0.782. The number of rotatable bonds is 2. The van der Waals surface area contributed by atoms with Gasteiger partial charge in [0.15, 0.2) is 0 Å². The first-order valence-electron chi connectivity index (χ1n) is 9.24. The Bertz CT molecular complexity index is 1130. The third-order valence-electron chi connectivity index (χ3n) is 5.83. The van der Waals surface area contributed by atoms with Crippen LogP contribution in [0.1, 0.15) is 23.6 Å². The van der Waals surface area contributed by atoms with Gasteiger partial charge < -0.3 is 0 Å². The van der Waals surface area contributed by atoms with E-state index in [1.807, 2.05) is 6.07 Å². The van der Waals surface area contributed by atoms with Gasteiger partial charge in [-0.3, -0.25) is 0 Å². The summed E-state index contributed by atoms with van der Waals surface area (Å²) in [7, 11) is 0. The Morgan fingerprint density at radius 2 is 1.33 bits per heavy atom. The van der Waals surface area contributed by atoms with Gasteiger partial charge in [-0.1, -0.05) is 96.5 Å². The average Bonchev–Trinajstić information content (AvgIpc) is 2.99. The fraction of sp³-hybridized carbons (Fsp3) is 0.0769. The monoisotopic (exact) mass is 366 g/mol. The van der Waals surface area contributed by atoms with Gasteiger partial charge in [0.25, 0.3) is 0 Å². The highest BCUT2D eigenvalue weighted by atomic mass is 35.5. The van der Waals surface area contributed by atoms with E-state index < -0.39 is 0 Å². The van der Waals surface area contributed by atoms with E-state index in [-0.39, 0.29) is 5.41 Å². The summed E-state index contributed by atoms with van der Waals surface area (Å²) >= 11 is 6.44. The van der Waals surface area contributed by atoms with E-state index in [0.717, 1.165) is 5.02 Å². The van der Waals surface area contributed by atoms with Crippen molar-refractivity contribution in [3.63, 3.8) is 0 Å². The van der Waals surface area contributed by atoms with Gasteiger partial charge in [-0.05, 0) is 58.0 Å². The standard InChI is InChI=1S/C26H19Cl/c1-26(19-11-6-3-7-12-19)23-14-8-13-21(18-9-4-2-5-10-18)25(23)22-16-15-20(27)17-24(22)26/h2-17H,1H3. The molecule has 0 saturated carbocycles. The van der Waals surface area contributed by atoms with Crippen molar-refractivity contribution in [1.29, 1.82) is 0 Å². The number of hydrogen-bond acceptors (Lipinski definition) is 0. The molecule has 0 nitrogen and oxygen atoms in total. The molecule has 0 amide bonds. The van der Waals surface area contributed by atoms with Crippen LogP contribution in [0.25, 0.3) is 22.3 Å². The molecule has 1 aliphatic carbocycles. The molecule has 1 atom stereocenters. The molecule has 0 aliphatic heterocycles. The van der Waals surface area contributed by atoms with Crippen molar-refractivity contribution < 1.29 is 0 Å². The number of hydrogen-bond donors (Lipinski definition) is 0. The largest absolute Gasteiger partial charge is 0.0843 e. The van der Waals surface area contributed by atoms with Crippen LogP contribution in [0.15, 0.2) is 97.1 Å². The number of benzene rings is 4. The van der Waals surface area contributed by atoms with Crippen LogP contribution in [-0.2, 0) is 5.41 Å². The van der Waals surface area contributed by atoms with Crippen LogP contribution in [0.4, 0.5) is 0 Å². The minimum Gasteiger partial charge on any atom is -0.0843 e. The second-order valence-corrected chi connectivity index (χ2v) is 7.71. The van der Waals surface area contributed by atoms with Crippen molar-refractivity contribution in [2.45, 2.75) is 12.3 Å². The van der Waals surface area contributed by atoms with Crippen LogP contribution >= 0.6 is 11.6 Å². The van der Waals surface area contributed by atoms with Crippen molar-refractivity contribution >= 4 is 11.6 Å². The lowest BCUT2D eigenvalue weighted by molar-refractivity contribution is 0.714. The molecule has 0 saturated heterocycles. The molecule has 5 rings (SSSR count). The van der Waals surface area contributed by atoms with Crippen LogP contribution in [0.3, 0.4) is 0 Å². The van der Waals surface area contributed by atoms with Gasteiger partial charge in [-0.25, -0.2) is 0 Å². The summed E-state index contributed by atoms with van der Waals surface area (Å²) in [5.74, 6) is 0. The van der Waals surface area contributed by atoms with E-state index in [4.69, 9.17) is 11.6 Å². The minimum absolute atomic E-state index is 0.221. The molecule has 0 aromatic heterocycles. The fourth-order valence-corrected chi connectivity index (χ4v) is 4.67. The summed E-state index contributed by atoms with van der Waals surface area (Å²) in [4.78, 5) is 0. The van der Waals surface area contributed by atoms with Crippen molar-refractivity contribution in [1.82, 2.24) is 0 Å². The maximum atomic E-state index is 6.44. The Hall–Kier alpha value is -2.83. The van der Waals surface area contributed by atoms with E-state index in [1.165, 1.54) is 38.9 Å². The molecule has 0 bridgehead atoms. The van der Waals surface area contributed by atoms with Crippen LogP contribution in [0, 0.1) is 0 Å². The number of fused-ring (bicyclic) bond motifs is 3. The SMILES string of the molecule is CC1(c2ccccc2)c2cc(Cl)ccc2-c2c(-c3ccccc3)cccc21. The van der Waals surface area contributed by atoms with Gasteiger partial charge >= 0.3 is 0 Å². The Kier molecular flexibility index (Phi) is 3.70. The van der Waals surface area contributed by atoms with Crippen LogP contribution in [-0.4, -0.2) is 0 Å². The first kappa shape index (κ1) is 16.4. The molecule has 130 valence electrons. The molecule has 27 heavy (non-hydrogen) atoms. The van der Waals surface area contributed by atoms with Crippen molar-refractivity contribution in [3.8, 4) is 22.3 Å². The summed E-state index contributed by atoms with van der Waals surface area (Å²) in [6.07, 6.45) is 0. The molecular weight excluding hydrogens is 348 g/mol. The molecule has 0 radical (unpaired) electrons. The zero-order chi connectivity index (χ0) is 18.4.